The lowest BCUT2D eigenvalue weighted by Gasteiger charge is -2.09. The molecule has 3 rings (SSSR count). The number of aliphatic hydroxyl groups excluding tert-OH is 1. The number of aliphatic imine (C=N–C) groups is 1. The number of hydrogen-bond acceptors (Lipinski definition) is 8. The number of nitro groups is 1. The average molecular weight is 517 g/mol. The summed E-state index contributed by atoms with van der Waals surface area (Å²) in [5.74, 6) is -1.13. The monoisotopic (exact) mass is 516 g/mol. The third kappa shape index (κ3) is 6.49. The number of amides is 1. The molecule has 1 heterocycles. The Kier molecular flexibility index (Phi) is 8.67. The second-order valence-electron chi connectivity index (χ2n) is 7.12. The van der Waals surface area contributed by atoms with E-state index in [0.29, 0.717) is 21.2 Å². The third-order valence-electron chi connectivity index (χ3n) is 4.69. The van der Waals surface area contributed by atoms with Crippen molar-refractivity contribution < 1.29 is 29.1 Å². The Morgan fingerprint density at radius 2 is 1.91 bits per heavy atom. The van der Waals surface area contributed by atoms with E-state index in [1.54, 1.807) is 50.3 Å². The molecule has 35 heavy (non-hydrogen) atoms. The minimum absolute atomic E-state index is 0.00960. The first-order chi connectivity index (χ1) is 16.7. The maximum Gasteiger partial charge on any atom is 0.344 e. The van der Waals surface area contributed by atoms with Gasteiger partial charge in [-0.15, -0.1) is 0 Å². The van der Waals surface area contributed by atoms with Gasteiger partial charge in [0, 0.05) is 18.6 Å². The van der Waals surface area contributed by atoms with Crippen LogP contribution in [-0.2, 0) is 20.9 Å². The zero-order valence-electron chi connectivity index (χ0n) is 18.8. The van der Waals surface area contributed by atoms with Crippen molar-refractivity contribution in [1.29, 1.82) is 0 Å². The molecule has 2 aromatic carbocycles. The van der Waals surface area contributed by atoms with E-state index in [-0.39, 0.29) is 41.7 Å². The highest BCUT2D eigenvalue weighted by atomic mass is 35.5. The van der Waals surface area contributed by atoms with Crippen molar-refractivity contribution in [2.45, 2.75) is 26.9 Å². The van der Waals surface area contributed by atoms with Gasteiger partial charge in [-0.05, 0) is 48.4 Å². The molecule has 1 amide bonds. The van der Waals surface area contributed by atoms with Gasteiger partial charge in [0.15, 0.2) is 0 Å². The van der Waals surface area contributed by atoms with Gasteiger partial charge in [0.25, 0.3) is 5.69 Å². The number of carbonyl (C=O) groups excluding carboxylic acids is 2. The Hall–Kier alpha value is -3.63. The molecule has 9 nitrogen and oxygen atoms in total. The molecule has 0 spiro atoms. The van der Waals surface area contributed by atoms with Gasteiger partial charge < -0.3 is 14.6 Å². The van der Waals surface area contributed by atoms with Crippen molar-refractivity contribution in [2.24, 2.45) is 4.99 Å². The van der Waals surface area contributed by atoms with Crippen LogP contribution in [0.15, 0.2) is 63.7 Å². The molecule has 0 aromatic heterocycles. The van der Waals surface area contributed by atoms with Gasteiger partial charge in [-0.1, -0.05) is 36.4 Å². The standard InChI is InChI=1S/C24H21ClN2O7S/c1-3-20(28)26-23-21(24(30)33-4-2)22(29)19(35-23)12-15-7-10-18(17(25)11-15)34-13-14-5-8-16(9-6-14)27(31)32/h5-12,29H,3-4,13H2,1-2H3/b19-12-,26-23?. The van der Waals surface area contributed by atoms with Crippen LogP contribution in [0.1, 0.15) is 31.4 Å². The molecule has 0 saturated heterocycles. The van der Waals surface area contributed by atoms with E-state index in [1.807, 2.05) is 0 Å². The van der Waals surface area contributed by atoms with Crippen LogP contribution < -0.4 is 4.74 Å². The van der Waals surface area contributed by atoms with Crippen molar-refractivity contribution in [3.8, 4) is 5.75 Å². The Labute approximate surface area is 210 Å². The van der Waals surface area contributed by atoms with Gasteiger partial charge in [-0.2, -0.15) is 0 Å². The molecular formula is C24H21ClN2O7S. The predicted octanol–water partition coefficient (Wildman–Crippen LogP) is 5.63. The molecule has 1 aliphatic rings. The first-order valence-corrected chi connectivity index (χ1v) is 11.7. The number of thioether (sulfide) groups is 1. The highest BCUT2D eigenvalue weighted by Gasteiger charge is 2.33. The summed E-state index contributed by atoms with van der Waals surface area (Å²) in [5, 5.41) is 21.8. The molecule has 0 atom stereocenters. The lowest BCUT2D eigenvalue weighted by Crippen LogP contribution is -2.14. The minimum atomic E-state index is -0.767. The SMILES string of the molecule is CCOC(=O)C1=C(O)/C(=C/c2ccc(OCc3ccc([N+](=O)[O-])cc3)c(Cl)c2)SC1=NC(=O)CC. The number of benzene rings is 2. The first-order valence-electron chi connectivity index (χ1n) is 10.5. The number of rotatable bonds is 8. The molecule has 0 bridgehead atoms. The molecule has 11 heteroatoms. The smallest absolute Gasteiger partial charge is 0.344 e. The lowest BCUT2D eigenvalue weighted by molar-refractivity contribution is -0.384. The van der Waals surface area contributed by atoms with Gasteiger partial charge in [0.2, 0.25) is 5.91 Å². The summed E-state index contributed by atoms with van der Waals surface area (Å²) in [6, 6.07) is 10.9. The maximum atomic E-state index is 12.3. The van der Waals surface area contributed by atoms with Crippen molar-refractivity contribution in [1.82, 2.24) is 0 Å². The number of aliphatic hydroxyl groups is 1. The van der Waals surface area contributed by atoms with Crippen molar-refractivity contribution >= 4 is 52.0 Å². The number of ether oxygens (including phenoxy) is 2. The van der Waals surface area contributed by atoms with Crippen LogP contribution in [-0.4, -0.2) is 33.6 Å². The van der Waals surface area contributed by atoms with Crippen LogP contribution in [0.4, 0.5) is 5.69 Å². The van der Waals surface area contributed by atoms with E-state index in [4.69, 9.17) is 21.1 Å². The van der Waals surface area contributed by atoms with E-state index < -0.39 is 16.8 Å². The normalized spacial score (nSPS) is 15.5. The average Bonchev–Trinajstić information content (AvgIpc) is 3.13. The van der Waals surface area contributed by atoms with Crippen molar-refractivity contribution in [2.75, 3.05) is 6.61 Å². The van der Waals surface area contributed by atoms with Gasteiger partial charge in [0.1, 0.15) is 28.7 Å². The van der Waals surface area contributed by atoms with Gasteiger partial charge in [0.05, 0.1) is 21.5 Å². The molecule has 0 radical (unpaired) electrons. The predicted molar refractivity (Wildman–Crippen MR) is 133 cm³/mol. The quantitative estimate of drug-likeness (QED) is 0.272. The summed E-state index contributed by atoms with van der Waals surface area (Å²) in [5.41, 5.74) is 1.18. The van der Waals surface area contributed by atoms with Crippen LogP contribution in [0.3, 0.4) is 0 Å². The van der Waals surface area contributed by atoms with Gasteiger partial charge in [-0.25, -0.2) is 9.79 Å². The van der Waals surface area contributed by atoms with E-state index in [1.165, 1.54) is 12.1 Å². The van der Waals surface area contributed by atoms with E-state index in [9.17, 15) is 24.8 Å². The summed E-state index contributed by atoms with van der Waals surface area (Å²) in [4.78, 5) is 38.7. The molecule has 0 aliphatic carbocycles. The Bertz CT molecular complexity index is 1250. The number of nitrogens with zero attached hydrogens (tertiary/aromatic N) is 2. The largest absolute Gasteiger partial charge is 0.506 e. The second-order valence-corrected chi connectivity index (χ2v) is 8.56. The second kappa shape index (κ2) is 11.7. The summed E-state index contributed by atoms with van der Waals surface area (Å²) in [6.45, 7) is 3.54. The molecule has 2 aromatic rings. The number of nitro benzene ring substituents is 1. The molecule has 0 fully saturated rings. The number of carbonyl (C=O) groups is 2. The highest BCUT2D eigenvalue weighted by Crippen LogP contribution is 2.40. The first kappa shape index (κ1) is 26.0. The van der Waals surface area contributed by atoms with E-state index in [0.717, 1.165) is 17.3 Å². The Morgan fingerprint density at radius 3 is 2.51 bits per heavy atom. The van der Waals surface area contributed by atoms with E-state index in [2.05, 4.69) is 4.99 Å². The van der Waals surface area contributed by atoms with Crippen LogP contribution in [0, 0.1) is 10.1 Å². The summed E-state index contributed by atoms with van der Waals surface area (Å²) in [6.07, 6.45) is 1.75. The van der Waals surface area contributed by atoms with Crippen LogP contribution in [0.25, 0.3) is 6.08 Å². The molecule has 0 unspecified atom stereocenters. The summed E-state index contributed by atoms with van der Waals surface area (Å²) >= 11 is 7.34. The summed E-state index contributed by atoms with van der Waals surface area (Å²) < 4.78 is 10.7. The summed E-state index contributed by atoms with van der Waals surface area (Å²) in [7, 11) is 0. The van der Waals surface area contributed by atoms with Crippen molar-refractivity contribution in [3.05, 3.63) is 85.0 Å². The van der Waals surface area contributed by atoms with E-state index >= 15 is 0 Å². The van der Waals surface area contributed by atoms with Crippen LogP contribution in [0.2, 0.25) is 5.02 Å². The fourth-order valence-corrected chi connectivity index (χ4v) is 4.21. The number of halogens is 1. The zero-order chi connectivity index (χ0) is 25.5. The molecule has 0 saturated carbocycles. The lowest BCUT2D eigenvalue weighted by atomic mass is 10.1. The maximum absolute atomic E-state index is 12.3. The van der Waals surface area contributed by atoms with Crippen LogP contribution >= 0.6 is 23.4 Å². The Balaban J connectivity index is 1.80. The minimum Gasteiger partial charge on any atom is -0.506 e. The fourth-order valence-electron chi connectivity index (χ4n) is 2.93. The van der Waals surface area contributed by atoms with Crippen LogP contribution in [0.5, 0.6) is 5.75 Å². The highest BCUT2D eigenvalue weighted by molar-refractivity contribution is 8.18. The Morgan fingerprint density at radius 1 is 1.20 bits per heavy atom. The zero-order valence-corrected chi connectivity index (χ0v) is 20.4. The number of non-ortho nitro benzene ring substituents is 1. The van der Waals surface area contributed by atoms with Gasteiger partial charge >= 0.3 is 5.97 Å². The molecule has 1 N–H and O–H groups in total. The molecule has 182 valence electrons. The third-order valence-corrected chi connectivity index (χ3v) is 6.01. The topological polar surface area (TPSA) is 128 Å². The number of esters is 1. The fraction of sp³-hybridized carbons (Fsp3) is 0.208. The number of hydrogen-bond donors (Lipinski definition) is 1. The van der Waals surface area contributed by atoms with Crippen molar-refractivity contribution in [3.63, 3.8) is 0 Å². The van der Waals surface area contributed by atoms with Gasteiger partial charge in [-0.3, -0.25) is 14.9 Å². The molecule has 1 aliphatic heterocycles. The molecular weight excluding hydrogens is 496 g/mol.